The molecule has 1 aliphatic heterocycles. The highest BCUT2D eigenvalue weighted by atomic mass is 79.9. The number of benzene rings is 1. The Labute approximate surface area is 172 Å². The molecule has 1 aromatic heterocycles. The van der Waals surface area contributed by atoms with Crippen LogP contribution in [0.15, 0.2) is 39.1 Å². The lowest BCUT2D eigenvalue weighted by Gasteiger charge is -2.31. The van der Waals surface area contributed by atoms with Crippen molar-refractivity contribution in [3.05, 3.63) is 34.9 Å². The number of sulfonamides is 2. The fourth-order valence-corrected chi connectivity index (χ4v) is 6.68. The molecule has 148 valence electrons. The number of thiazole rings is 1. The zero-order valence-electron chi connectivity index (χ0n) is 14.6. The van der Waals surface area contributed by atoms with Gasteiger partial charge in [-0.2, -0.15) is 0 Å². The molecule has 1 aliphatic rings. The Morgan fingerprint density at radius 2 is 1.81 bits per heavy atom. The van der Waals surface area contributed by atoms with Gasteiger partial charge in [-0.1, -0.05) is 28.1 Å². The van der Waals surface area contributed by atoms with E-state index >= 15 is 0 Å². The first-order valence-corrected chi connectivity index (χ1v) is 13.1. The molecule has 11 heteroatoms. The van der Waals surface area contributed by atoms with Crippen LogP contribution in [-0.4, -0.2) is 51.0 Å². The molecule has 2 heterocycles. The van der Waals surface area contributed by atoms with Gasteiger partial charge in [0.25, 0.3) is 10.0 Å². The van der Waals surface area contributed by atoms with Crippen molar-refractivity contribution < 1.29 is 16.8 Å². The predicted molar refractivity (Wildman–Crippen MR) is 110 cm³/mol. The van der Waals surface area contributed by atoms with Gasteiger partial charge in [0, 0.05) is 29.2 Å². The number of hydrogen-bond donors (Lipinski definition) is 1. The molecule has 0 unspecified atom stereocenters. The molecule has 3 rings (SSSR count). The molecule has 2 aromatic rings. The van der Waals surface area contributed by atoms with Gasteiger partial charge in [0.05, 0.1) is 11.9 Å². The number of hydrogen-bond acceptors (Lipinski definition) is 6. The second-order valence-electron chi connectivity index (χ2n) is 6.19. The molecule has 7 nitrogen and oxygen atoms in total. The molecule has 0 saturated carbocycles. The molecule has 1 fully saturated rings. The monoisotopic (exact) mass is 493 g/mol. The van der Waals surface area contributed by atoms with Crippen LogP contribution in [0.2, 0.25) is 0 Å². The van der Waals surface area contributed by atoms with Gasteiger partial charge in [-0.25, -0.2) is 30.8 Å². The normalized spacial score (nSPS) is 17.3. The van der Waals surface area contributed by atoms with Crippen molar-refractivity contribution in [2.45, 2.75) is 30.0 Å². The lowest BCUT2D eigenvalue weighted by molar-refractivity contribution is 0.309. The van der Waals surface area contributed by atoms with Crippen LogP contribution in [0.4, 0.5) is 0 Å². The van der Waals surface area contributed by atoms with E-state index in [1.54, 1.807) is 6.92 Å². The van der Waals surface area contributed by atoms with Crippen molar-refractivity contribution in [1.29, 1.82) is 0 Å². The number of nitrogens with zero attached hydrogens (tertiary/aromatic N) is 2. The molecular weight excluding hydrogens is 474 g/mol. The van der Waals surface area contributed by atoms with E-state index in [-0.39, 0.29) is 16.0 Å². The molecule has 1 N–H and O–H groups in total. The highest BCUT2D eigenvalue weighted by molar-refractivity contribution is 9.10. The smallest absolute Gasteiger partial charge is 0.243 e. The van der Waals surface area contributed by atoms with E-state index in [1.165, 1.54) is 10.5 Å². The highest BCUT2D eigenvalue weighted by Gasteiger charge is 2.30. The number of rotatable bonds is 6. The third-order valence-corrected chi connectivity index (χ3v) is 9.81. The lowest BCUT2D eigenvalue weighted by atomic mass is 10.1. The summed E-state index contributed by atoms with van der Waals surface area (Å²) in [4.78, 5) is 4.23. The predicted octanol–water partition coefficient (Wildman–Crippen LogP) is 2.67. The Balaban J connectivity index is 1.67. The minimum atomic E-state index is -3.68. The van der Waals surface area contributed by atoms with Crippen molar-refractivity contribution in [1.82, 2.24) is 14.0 Å². The summed E-state index contributed by atoms with van der Waals surface area (Å²) in [5.41, 5.74) is 0.850. The summed E-state index contributed by atoms with van der Waals surface area (Å²) in [5, 5.41) is 0.631. The third-order valence-electron chi connectivity index (χ3n) is 4.37. The zero-order valence-corrected chi connectivity index (χ0v) is 18.7. The SMILES string of the molecule is CCS(=O)(=O)N1CCC(NS(=O)(=O)c2cnc(-c3ccc(Br)cc3)s2)CC1. The summed E-state index contributed by atoms with van der Waals surface area (Å²) in [6.45, 7) is 2.27. The van der Waals surface area contributed by atoms with E-state index < -0.39 is 20.0 Å². The summed E-state index contributed by atoms with van der Waals surface area (Å²) >= 11 is 4.48. The molecule has 27 heavy (non-hydrogen) atoms. The van der Waals surface area contributed by atoms with Gasteiger partial charge in [0.1, 0.15) is 5.01 Å². The van der Waals surface area contributed by atoms with Gasteiger partial charge >= 0.3 is 0 Å². The molecule has 0 bridgehead atoms. The Kier molecular flexibility index (Phi) is 6.38. The molecule has 0 amide bonds. The molecule has 0 aliphatic carbocycles. The lowest BCUT2D eigenvalue weighted by Crippen LogP contribution is -2.46. The van der Waals surface area contributed by atoms with Gasteiger partial charge in [-0.15, -0.1) is 11.3 Å². The summed E-state index contributed by atoms with van der Waals surface area (Å²) in [7, 11) is -6.91. The maximum Gasteiger partial charge on any atom is 0.251 e. The Morgan fingerprint density at radius 3 is 2.41 bits per heavy atom. The fraction of sp³-hybridized carbons (Fsp3) is 0.438. The first-order valence-electron chi connectivity index (χ1n) is 8.43. The van der Waals surface area contributed by atoms with E-state index in [0.717, 1.165) is 21.4 Å². The maximum atomic E-state index is 12.7. The first kappa shape index (κ1) is 20.9. The number of aromatic nitrogens is 1. The van der Waals surface area contributed by atoms with E-state index in [2.05, 4.69) is 25.6 Å². The van der Waals surface area contributed by atoms with Crippen LogP contribution < -0.4 is 4.72 Å². The Morgan fingerprint density at radius 1 is 1.19 bits per heavy atom. The second kappa shape index (κ2) is 8.26. The number of nitrogens with one attached hydrogen (secondary N) is 1. The maximum absolute atomic E-state index is 12.7. The van der Waals surface area contributed by atoms with E-state index in [0.29, 0.717) is 30.9 Å². The van der Waals surface area contributed by atoms with Crippen LogP contribution in [0.3, 0.4) is 0 Å². The van der Waals surface area contributed by atoms with E-state index in [1.807, 2.05) is 24.3 Å². The van der Waals surface area contributed by atoms with Crippen molar-refractivity contribution >= 4 is 47.3 Å². The summed E-state index contributed by atoms with van der Waals surface area (Å²) in [5.74, 6) is 0.0586. The minimum Gasteiger partial charge on any atom is -0.243 e. The van der Waals surface area contributed by atoms with Crippen molar-refractivity contribution in [2.75, 3.05) is 18.8 Å². The van der Waals surface area contributed by atoms with E-state index in [9.17, 15) is 16.8 Å². The van der Waals surface area contributed by atoms with Crippen LogP contribution in [0, 0.1) is 0 Å². The average Bonchev–Trinajstić information content (AvgIpc) is 3.13. The van der Waals surface area contributed by atoms with Crippen LogP contribution >= 0.6 is 27.3 Å². The topological polar surface area (TPSA) is 96.4 Å². The van der Waals surface area contributed by atoms with Crippen LogP contribution in [0.25, 0.3) is 10.6 Å². The first-order chi connectivity index (χ1) is 12.7. The second-order valence-corrected chi connectivity index (χ2v) is 12.3. The quantitative estimate of drug-likeness (QED) is 0.666. The summed E-state index contributed by atoms with van der Waals surface area (Å²) in [6.07, 6.45) is 2.27. The molecule has 1 saturated heterocycles. The molecular formula is C16H20BrN3O4S3. The number of piperidine rings is 1. The highest BCUT2D eigenvalue weighted by Crippen LogP contribution is 2.29. The van der Waals surface area contributed by atoms with Gasteiger partial charge in [-0.05, 0) is 31.9 Å². The average molecular weight is 494 g/mol. The van der Waals surface area contributed by atoms with Gasteiger partial charge in [0.15, 0.2) is 4.21 Å². The van der Waals surface area contributed by atoms with Gasteiger partial charge < -0.3 is 0 Å². The van der Waals surface area contributed by atoms with Gasteiger partial charge in [-0.3, -0.25) is 0 Å². The molecule has 1 aromatic carbocycles. The standard InChI is InChI=1S/C16H20BrN3O4S3/c1-2-26(21,22)20-9-7-14(8-10-20)19-27(23,24)15-11-18-16(25-15)12-3-5-13(17)6-4-12/h3-6,11,14,19H,2,7-10H2,1H3. The fourth-order valence-electron chi connectivity index (χ4n) is 2.82. The molecule has 0 spiro atoms. The van der Waals surface area contributed by atoms with Crippen molar-refractivity contribution in [3.8, 4) is 10.6 Å². The number of halogens is 1. The minimum absolute atomic E-state index is 0.0586. The van der Waals surface area contributed by atoms with Crippen molar-refractivity contribution in [3.63, 3.8) is 0 Å². The third kappa shape index (κ3) is 4.96. The molecule has 0 radical (unpaired) electrons. The Hall–Kier alpha value is -0.850. The van der Waals surface area contributed by atoms with Crippen molar-refractivity contribution in [2.24, 2.45) is 0 Å². The summed E-state index contributed by atoms with van der Waals surface area (Å²) in [6, 6.07) is 7.21. The molecule has 0 atom stereocenters. The van der Waals surface area contributed by atoms with Crippen LogP contribution in [-0.2, 0) is 20.0 Å². The zero-order chi connectivity index (χ0) is 19.7. The summed E-state index contributed by atoms with van der Waals surface area (Å²) < 4.78 is 54.3. The largest absolute Gasteiger partial charge is 0.251 e. The Bertz CT molecular complexity index is 996. The van der Waals surface area contributed by atoms with Gasteiger partial charge in [0.2, 0.25) is 10.0 Å². The van der Waals surface area contributed by atoms with E-state index in [4.69, 9.17) is 0 Å². The van der Waals surface area contributed by atoms with Crippen LogP contribution in [0.5, 0.6) is 0 Å². The van der Waals surface area contributed by atoms with Crippen LogP contribution in [0.1, 0.15) is 19.8 Å².